The maximum Gasteiger partial charge on any atom is 0.257 e. The standard InChI is InChI=1S/C23H29N3O2/c1-15-14-26(8-7-20(15)13-19-11-16(2)24-17(3)12-19)18(4)21-5-6-22-23(25-21)28-10-9-27-22/h5-7,11-12,15,18H,8-10,13-14H2,1-4H3/t15-,18?/m0/s1. The molecule has 0 radical (unpaired) electrons. The molecule has 2 aromatic heterocycles. The Morgan fingerprint density at radius 3 is 2.61 bits per heavy atom. The van der Waals surface area contributed by atoms with Crippen LogP contribution >= 0.6 is 0 Å². The molecule has 4 heterocycles. The highest BCUT2D eigenvalue weighted by Crippen LogP contribution is 2.32. The van der Waals surface area contributed by atoms with Gasteiger partial charge in [0.25, 0.3) is 5.88 Å². The van der Waals surface area contributed by atoms with Gasteiger partial charge in [0.2, 0.25) is 0 Å². The molecule has 28 heavy (non-hydrogen) atoms. The minimum Gasteiger partial charge on any atom is -0.484 e. The van der Waals surface area contributed by atoms with Crippen LogP contribution in [0, 0.1) is 19.8 Å². The lowest BCUT2D eigenvalue weighted by molar-refractivity contribution is 0.160. The summed E-state index contributed by atoms with van der Waals surface area (Å²) in [6.45, 7) is 11.8. The Morgan fingerprint density at radius 2 is 1.86 bits per heavy atom. The number of hydrogen-bond donors (Lipinski definition) is 0. The van der Waals surface area contributed by atoms with E-state index in [-0.39, 0.29) is 6.04 Å². The molecule has 0 aromatic carbocycles. The van der Waals surface area contributed by atoms with Crippen molar-refractivity contribution in [3.8, 4) is 11.6 Å². The minimum atomic E-state index is 0.237. The predicted octanol–water partition coefficient (Wildman–Crippen LogP) is 4.05. The Bertz CT molecular complexity index is 873. The van der Waals surface area contributed by atoms with Gasteiger partial charge in [0.15, 0.2) is 5.75 Å². The molecule has 148 valence electrons. The van der Waals surface area contributed by atoms with E-state index in [0.717, 1.165) is 42.3 Å². The first-order valence-electron chi connectivity index (χ1n) is 10.1. The van der Waals surface area contributed by atoms with Gasteiger partial charge in [-0.25, -0.2) is 4.98 Å². The van der Waals surface area contributed by atoms with Gasteiger partial charge < -0.3 is 9.47 Å². The highest BCUT2D eigenvalue weighted by atomic mass is 16.6. The summed E-state index contributed by atoms with van der Waals surface area (Å²) in [6, 6.07) is 8.69. The van der Waals surface area contributed by atoms with Crippen LogP contribution in [0.1, 0.15) is 42.5 Å². The van der Waals surface area contributed by atoms with E-state index >= 15 is 0 Å². The van der Waals surface area contributed by atoms with Gasteiger partial charge in [0.1, 0.15) is 13.2 Å². The molecular formula is C23H29N3O2. The zero-order valence-corrected chi connectivity index (χ0v) is 17.2. The molecule has 0 amide bonds. The van der Waals surface area contributed by atoms with Crippen LogP contribution in [0.15, 0.2) is 35.9 Å². The van der Waals surface area contributed by atoms with Crippen molar-refractivity contribution in [2.24, 2.45) is 5.92 Å². The van der Waals surface area contributed by atoms with E-state index < -0.39 is 0 Å². The molecule has 2 atom stereocenters. The molecule has 0 N–H and O–H groups in total. The largest absolute Gasteiger partial charge is 0.484 e. The maximum atomic E-state index is 5.65. The normalized spacial score (nSPS) is 20.6. The van der Waals surface area contributed by atoms with E-state index in [1.54, 1.807) is 0 Å². The molecule has 0 saturated heterocycles. The number of nitrogens with zero attached hydrogens (tertiary/aromatic N) is 3. The van der Waals surface area contributed by atoms with Crippen molar-refractivity contribution in [1.82, 2.24) is 14.9 Å². The Labute approximate surface area is 167 Å². The van der Waals surface area contributed by atoms with Crippen LogP contribution < -0.4 is 9.47 Å². The molecule has 0 aliphatic carbocycles. The van der Waals surface area contributed by atoms with Crippen molar-refractivity contribution in [2.75, 3.05) is 26.3 Å². The lowest BCUT2D eigenvalue weighted by Gasteiger charge is -2.35. The van der Waals surface area contributed by atoms with Crippen LogP contribution in [0.3, 0.4) is 0 Å². The van der Waals surface area contributed by atoms with Crippen LogP contribution in [-0.2, 0) is 6.42 Å². The third kappa shape index (κ3) is 4.04. The lowest BCUT2D eigenvalue weighted by Crippen LogP contribution is -2.36. The topological polar surface area (TPSA) is 47.5 Å². The van der Waals surface area contributed by atoms with E-state index in [1.807, 2.05) is 6.07 Å². The second-order valence-corrected chi connectivity index (χ2v) is 7.98. The smallest absolute Gasteiger partial charge is 0.257 e. The van der Waals surface area contributed by atoms with E-state index in [4.69, 9.17) is 14.5 Å². The van der Waals surface area contributed by atoms with E-state index in [2.05, 4.69) is 61.9 Å². The fourth-order valence-corrected chi connectivity index (χ4v) is 4.17. The Balaban J connectivity index is 1.46. The number of ether oxygens (including phenoxy) is 2. The third-order valence-electron chi connectivity index (χ3n) is 5.68. The van der Waals surface area contributed by atoms with Crippen LogP contribution in [0.5, 0.6) is 11.6 Å². The van der Waals surface area contributed by atoms with Crippen LogP contribution in [0.25, 0.3) is 0 Å². The van der Waals surface area contributed by atoms with E-state index in [9.17, 15) is 0 Å². The molecule has 1 unspecified atom stereocenters. The van der Waals surface area contributed by atoms with E-state index in [0.29, 0.717) is 25.0 Å². The summed E-state index contributed by atoms with van der Waals surface area (Å²) in [4.78, 5) is 11.7. The number of aryl methyl sites for hydroxylation is 2. The van der Waals surface area contributed by atoms with Gasteiger partial charge in [-0.1, -0.05) is 18.6 Å². The molecule has 0 saturated carbocycles. The van der Waals surface area contributed by atoms with Gasteiger partial charge in [-0.15, -0.1) is 0 Å². The van der Waals surface area contributed by atoms with Gasteiger partial charge in [-0.3, -0.25) is 9.88 Å². The van der Waals surface area contributed by atoms with Crippen LogP contribution in [0.4, 0.5) is 0 Å². The Hall–Kier alpha value is -2.40. The molecule has 5 nitrogen and oxygen atoms in total. The third-order valence-corrected chi connectivity index (χ3v) is 5.68. The first kappa shape index (κ1) is 18.9. The fourth-order valence-electron chi connectivity index (χ4n) is 4.17. The number of fused-ring (bicyclic) bond motifs is 1. The Morgan fingerprint density at radius 1 is 1.11 bits per heavy atom. The Kier molecular flexibility index (Phi) is 5.36. The molecular weight excluding hydrogens is 350 g/mol. The van der Waals surface area contributed by atoms with Crippen molar-refractivity contribution < 1.29 is 9.47 Å². The fraction of sp³-hybridized carbons (Fsp3) is 0.478. The van der Waals surface area contributed by atoms with Crippen molar-refractivity contribution in [3.05, 3.63) is 58.6 Å². The predicted molar refractivity (Wildman–Crippen MR) is 110 cm³/mol. The summed E-state index contributed by atoms with van der Waals surface area (Å²) >= 11 is 0. The number of pyridine rings is 2. The zero-order chi connectivity index (χ0) is 19.7. The summed E-state index contributed by atoms with van der Waals surface area (Å²) < 4.78 is 11.2. The minimum absolute atomic E-state index is 0.237. The van der Waals surface area contributed by atoms with Gasteiger partial charge in [0, 0.05) is 30.5 Å². The average Bonchev–Trinajstić information content (AvgIpc) is 2.68. The second-order valence-electron chi connectivity index (χ2n) is 7.98. The monoisotopic (exact) mass is 379 g/mol. The van der Waals surface area contributed by atoms with Crippen molar-refractivity contribution in [3.63, 3.8) is 0 Å². The van der Waals surface area contributed by atoms with Gasteiger partial charge in [0.05, 0.1) is 5.69 Å². The SMILES string of the molecule is Cc1cc(CC2=CCN(C(C)c3ccc4c(n3)OCCO4)C[C@@H]2C)cc(C)n1. The summed E-state index contributed by atoms with van der Waals surface area (Å²) in [7, 11) is 0. The van der Waals surface area contributed by atoms with Gasteiger partial charge >= 0.3 is 0 Å². The van der Waals surface area contributed by atoms with E-state index in [1.165, 1.54) is 11.1 Å². The quantitative estimate of drug-likeness (QED) is 0.750. The summed E-state index contributed by atoms with van der Waals surface area (Å²) in [5.74, 6) is 1.89. The maximum absolute atomic E-state index is 5.65. The van der Waals surface area contributed by atoms with Crippen LogP contribution in [0.2, 0.25) is 0 Å². The van der Waals surface area contributed by atoms with Crippen LogP contribution in [-0.4, -0.2) is 41.2 Å². The average molecular weight is 380 g/mol. The zero-order valence-electron chi connectivity index (χ0n) is 17.2. The highest BCUT2D eigenvalue weighted by Gasteiger charge is 2.25. The number of hydrogen-bond acceptors (Lipinski definition) is 5. The number of aromatic nitrogens is 2. The molecule has 0 fully saturated rings. The highest BCUT2D eigenvalue weighted by molar-refractivity contribution is 5.36. The van der Waals surface area contributed by atoms with Crippen molar-refractivity contribution in [2.45, 2.75) is 40.2 Å². The lowest BCUT2D eigenvalue weighted by atomic mass is 9.90. The molecule has 5 heteroatoms. The number of rotatable bonds is 4. The van der Waals surface area contributed by atoms with Gasteiger partial charge in [-0.05, 0) is 62.9 Å². The molecule has 4 rings (SSSR count). The summed E-state index contributed by atoms with van der Waals surface area (Å²) in [6.07, 6.45) is 3.41. The van der Waals surface area contributed by atoms with Crippen molar-refractivity contribution in [1.29, 1.82) is 0 Å². The summed E-state index contributed by atoms with van der Waals surface area (Å²) in [5, 5.41) is 0. The van der Waals surface area contributed by atoms with Gasteiger partial charge in [-0.2, -0.15) is 0 Å². The first-order valence-corrected chi connectivity index (χ1v) is 10.1. The molecule has 2 aliphatic rings. The van der Waals surface area contributed by atoms with Crippen molar-refractivity contribution >= 4 is 0 Å². The summed E-state index contributed by atoms with van der Waals surface area (Å²) in [5.41, 5.74) is 6.10. The molecule has 0 bridgehead atoms. The molecule has 0 spiro atoms. The first-order chi connectivity index (χ1) is 13.5. The molecule has 2 aromatic rings. The molecule has 2 aliphatic heterocycles. The second kappa shape index (κ2) is 7.92.